The normalized spacial score (nSPS) is 18.3. The molecule has 4 heteroatoms. The number of hydrogen-bond donors (Lipinski definition) is 1. The average molecular weight is 327 g/mol. The van der Waals surface area contributed by atoms with Gasteiger partial charge in [0.1, 0.15) is 5.60 Å². The Balaban J connectivity index is 2.42. The van der Waals surface area contributed by atoms with Crippen molar-refractivity contribution in [2.75, 3.05) is 19.6 Å². The number of nitrogens with zero attached hydrogens (tertiary/aromatic N) is 1. The number of likely N-dealkylation sites (tertiary alicyclic amines) is 1. The number of carbonyl (C=O) groups excluding carboxylic acids is 1. The van der Waals surface area contributed by atoms with Crippen LogP contribution in [0, 0.1) is 5.41 Å². The predicted octanol–water partition coefficient (Wildman–Crippen LogP) is 4.58. The number of nitrogens with one attached hydrogen (secondary N) is 1. The van der Waals surface area contributed by atoms with E-state index in [1.807, 2.05) is 25.7 Å². The minimum absolute atomic E-state index is 0.164. The lowest BCUT2D eigenvalue weighted by molar-refractivity contribution is 0.0116. The molecule has 0 aromatic carbocycles. The van der Waals surface area contributed by atoms with Crippen molar-refractivity contribution < 1.29 is 9.53 Å². The van der Waals surface area contributed by atoms with Gasteiger partial charge < -0.3 is 15.0 Å². The van der Waals surface area contributed by atoms with E-state index in [4.69, 9.17) is 4.74 Å². The van der Waals surface area contributed by atoms with Crippen LogP contribution in [0.1, 0.15) is 80.1 Å². The van der Waals surface area contributed by atoms with Crippen molar-refractivity contribution >= 4 is 6.09 Å². The fourth-order valence-corrected chi connectivity index (χ4v) is 3.17. The van der Waals surface area contributed by atoms with Crippen molar-refractivity contribution in [2.45, 2.75) is 91.7 Å². The van der Waals surface area contributed by atoms with Crippen LogP contribution in [-0.4, -0.2) is 42.3 Å². The number of ether oxygens (including phenoxy) is 1. The molecular weight excluding hydrogens is 288 g/mol. The van der Waals surface area contributed by atoms with Crippen LogP contribution < -0.4 is 5.32 Å². The molecule has 1 N–H and O–H groups in total. The SMILES string of the molecule is CCCC(CCC)NCC1(C)CCN(C(=O)OC(C)(C)C)CC1. The summed E-state index contributed by atoms with van der Waals surface area (Å²) in [5, 5.41) is 3.78. The maximum Gasteiger partial charge on any atom is 0.410 e. The van der Waals surface area contributed by atoms with Gasteiger partial charge >= 0.3 is 6.09 Å². The molecular formula is C19H38N2O2. The summed E-state index contributed by atoms with van der Waals surface area (Å²) >= 11 is 0. The molecule has 0 saturated carbocycles. The van der Waals surface area contributed by atoms with Crippen molar-refractivity contribution in [1.82, 2.24) is 10.2 Å². The van der Waals surface area contributed by atoms with Gasteiger partial charge in [0, 0.05) is 25.7 Å². The molecule has 23 heavy (non-hydrogen) atoms. The van der Waals surface area contributed by atoms with E-state index < -0.39 is 5.60 Å². The molecule has 0 aliphatic carbocycles. The molecule has 0 bridgehead atoms. The van der Waals surface area contributed by atoms with Crippen LogP contribution in [0.15, 0.2) is 0 Å². The zero-order valence-electron chi connectivity index (χ0n) is 16.2. The van der Waals surface area contributed by atoms with Crippen LogP contribution in [0.3, 0.4) is 0 Å². The second-order valence-corrected chi connectivity index (χ2v) is 8.43. The molecule has 0 atom stereocenters. The molecule has 136 valence electrons. The van der Waals surface area contributed by atoms with E-state index in [0.29, 0.717) is 6.04 Å². The molecule has 0 unspecified atom stereocenters. The third kappa shape index (κ3) is 7.56. The summed E-state index contributed by atoms with van der Waals surface area (Å²) < 4.78 is 5.48. The van der Waals surface area contributed by atoms with E-state index in [1.165, 1.54) is 25.7 Å². The van der Waals surface area contributed by atoms with Gasteiger partial charge in [-0.25, -0.2) is 4.79 Å². The molecule has 0 aromatic rings. The molecule has 0 aromatic heterocycles. The zero-order valence-corrected chi connectivity index (χ0v) is 16.2. The standard InChI is InChI=1S/C19H38N2O2/c1-7-9-16(10-8-2)20-15-19(6)11-13-21(14-12-19)17(22)23-18(3,4)5/h16,20H,7-15H2,1-6H3. The highest BCUT2D eigenvalue weighted by atomic mass is 16.6. The summed E-state index contributed by atoms with van der Waals surface area (Å²) in [6.07, 6.45) is 6.92. The van der Waals surface area contributed by atoms with Gasteiger partial charge in [0.15, 0.2) is 0 Å². The van der Waals surface area contributed by atoms with Crippen LogP contribution in [0.5, 0.6) is 0 Å². The zero-order chi connectivity index (χ0) is 17.5. The molecule has 1 saturated heterocycles. The Bertz CT molecular complexity index is 349. The first-order valence-corrected chi connectivity index (χ1v) is 9.40. The van der Waals surface area contributed by atoms with Crippen molar-refractivity contribution in [3.05, 3.63) is 0 Å². The van der Waals surface area contributed by atoms with E-state index in [2.05, 4.69) is 26.1 Å². The van der Waals surface area contributed by atoms with E-state index in [-0.39, 0.29) is 11.5 Å². The fourth-order valence-electron chi connectivity index (χ4n) is 3.17. The van der Waals surface area contributed by atoms with Crippen LogP contribution in [0.4, 0.5) is 4.79 Å². The minimum Gasteiger partial charge on any atom is -0.444 e. The molecule has 0 spiro atoms. The van der Waals surface area contributed by atoms with Crippen LogP contribution in [0.25, 0.3) is 0 Å². The Hall–Kier alpha value is -0.770. The summed E-state index contributed by atoms with van der Waals surface area (Å²) in [7, 11) is 0. The highest BCUT2D eigenvalue weighted by Gasteiger charge is 2.33. The average Bonchev–Trinajstić information content (AvgIpc) is 2.44. The highest BCUT2D eigenvalue weighted by Crippen LogP contribution is 2.31. The lowest BCUT2D eigenvalue weighted by atomic mass is 9.80. The van der Waals surface area contributed by atoms with Gasteiger partial charge in [0.05, 0.1) is 0 Å². The number of amides is 1. The fraction of sp³-hybridized carbons (Fsp3) is 0.947. The number of carbonyl (C=O) groups is 1. The molecule has 1 aliphatic heterocycles. The molecule has 4 nitrogen and oxygen atoms in total. The van der Waals surface area contributed by atoms with Gasteiger partial charge in [-0.1, -0.05) is 33.6 Å². The maximum absolute atomic E-state index is 12.1. The second kappa shape index (κ2) is 8.91. The van der Waals surface area contributed by atoms with Crippen molar-refractivity contribution in [3.63, 3.8) is 0 Å². The summed E-state index contributed by atoms with van der Waals surface area (Å²) in [6.45, 7) is 15.3. The Morgan fingerprint density at radius 1 is 1.17 bits per heavy atom. The molecule has 1 fully saturated rings. The van der Waals surface area contributed by atoms with Gasteiger partial charge in [-0.15, -0.1) is 0 Å². The molecule has 0 radical (unpaired) electrons. The first kappa shape index (κ1) is 20.3. The smallest absolute Gasteiger partial charge is 0.410 e. The molecule has 1 rings (SSSR count). The third-order valence-corrected chi connectivity index (χ3v) is 4.71. The summed E-state index contributed by atoms with van der Waals surface area (Å²) in [5.74, 6) is 0. The monoisotopic (exact) mass is 326 g/mol. The van der Waals surface area contributed by atoms with E-state index in [9.17, 15) is 4.79 Å². The first-order valence-electron chi connectivity index (χ1n) is 9.40. The Kier molecular flexibility index (Phi) is 7.85. The molecule has 1 aliphatic rings. The highest BCUT2D eigenvalue weighted by molar-refractivity contribution is 5.68. The number of rotatable bonds is 7. The van der Waals surface area contributed by atoms with Gasteiger partial charge in [0.25, 0.3) is 0 Å². The summed E-state index contributed by atoms with van der Waals surface area (Å²) in [6, 6.07) is 0.644. The summed E-state index contributed by atoms with van der Waals surface area (Å²) in [4.78, 5) is 14.0. The number of hydrogen-bond acceptors (Lipinski definition) is 3. The summed E-state index contributed by atoms with van der Waals surface area (Å²) in [5.41, 5.74) is -0.120. The van der Waals surface area contributed by atoms with Crippen molar-refractivity contribution in [2.24, 2.45) is 5.41 Å². The Morgan fingerprint density at radius 2 is 1.70 bits per heavy atom. The largest absolute Gasteiger partial charge is 0.444 e. The molecule has 1 amide bonds. The number of piperidine rings is 1. The van der Waals surface area contributed by atoms with Crippen LogP contribution >= 0.6 is 0 Å². The maximum atomic E-state index is 12.1. The van der Waals surface area contributed by atoms with Gasteiger partial charge in [-0.3, -0.25) is 0 Å². The van der Waals surface area contributed by atoms with Crippen molar-refractivity contribution in [1.29, 1.82) is 0 Å². The Morgan fingerprint density at radius 3 is 2.13 bits per heavy atom. The van der Waals surface area contributed by atoms with Gasteiger partial charge in [-0.05, 0) is 51.9 Å². The van der Waals surface area contributed by atoms with Gasteiger partial charge in [0.2, 0.25) is 0 Å². The topological polar surface area (TPSA) is 41.6 Å². The van der Waals surface area contributed by atoms with Crippen LogP contribution in [0.2, 0.25) is 0 Å². The minimum atomic E-state index is -0.410. The molecule has 1 heterocycles. The Labute approximate surface area is 143 Å². The third-order valence-electron chi connectivity index (χ3n) is 4.71. The van der Waals surface area contributed by atoms with E-state index >= 15 is 0 Å². The lowest BCUT2D eigenvalue weighted by Crippen LogP contribution is -2.48. The quantitative estimate of drug-likeness (QED) is 0.744. The van der Waals surface area contributed by atoms with E-state index in [1.54, 1.807) is 0 Å². The first-order chi connectivity index (χ1) is 10.7. The predicted molar refractivity (Wildman–Crippen MR) is 96.8 cm³/mol. The second-order valence-electron chi connectivity index (χ2n) is 8.43. The van der Waals surface area contributed by atoms with Gasteiger partial charge in [-0.2, -0.15) is 0 Å². The van der Waals surface area contributed by atoms with Crippen LogP contribution in [-0.2, 0) is 4.74 Å². The van der Waals surface area contributed by atoms with Crippen molar-refractivity contribution in [3.8, 4) is 0 Å². The lowest BCUT2D eigenvalue weighted by Gasteiger charge is -2.40. The van der Waals surface area contributed by atoms with E-state index in [0.717, 1.165) is 32.5 Å².